The van der Waals surface area contributed by atoms with Gasteiger partial charge < -0.3 is 15.2 Å². The minimum absolute atomic E-state index is 0.0706. The van der Waals surface area contributed by atoms with Gasteiger partial charge in [-0.2, -0.15) is 0 Å². The first-order chi connectivity index (χ1) is 7.27. The van der Waals surface area contributed by atoms with Crippen molar-refractivity contribution in [2.75, 3.05) is 13.2 Å². The van der Waals surface area contributed by atoms with Crippen LogP contribution in [0.1, 0.15) is 12.7 Å². The molecule has 0 saturated carbocycles. The second-order valence-electron chi connectivity index (χ2n) is 3.81. The summed E-state index contributed by atoms with van der Waals surface area (Å²) in [6, 6.07) is 0. The van der Waals surface area contributed by atoms with Crippen LogP contribution in [0.25, 0.3) is 0 Å². The number of nitrogens with zero attached hydrogens (tertiary/aromatic N) is 1. The summed E-state index contributed by atoms with van der Waals surface area (Å²) in [5.41, 5.74) is -1.48. The molecule has 1 atom stereocenters. The number of nitrogens with one attached hydrogen (secondary N) is 2. The lowest BCUT2D eigenvalue weighted by Crippen LogP contribution is -2.43. The van der Waals surface area contributed by atoms with Gasteiger partial charge in [-0.3, -0.25) is 0 Å². The van der Waals surface area contributed by atoms with E-state index >= 15 is 0 Å². The van der Waals surface area contributed by atoms with Crippen LogP contribution in [-0.4, -0.2) is 47.4 Å². The van der Waals surface area contributed by atoms with Gasteiger partial charge in [0.25, 0.3) is 10.0 Å². The summed E-state index contributed by atoms with van der Waals surface area (Å²) in [6.45, 7) is 2.15. The number of H-pyrrole nitrogens is 1. The van der Waals surface area contributed by atoms with Crippen molar-refractivity contribution >= 4 is 10.0 Å². The number of rotatable bonds is 5. The molecule has 0 aliphatic heterocycles. The van der Waals surface area contributed by atoms with Crippen LogP contribution in [0, 0.1) is 6.92 Å². The zero-order valence-corrected chi connectivity index (χ0v) is 9.87. The van der Waals surface area contributed by atoms with Crippen LogP contribution in [0.5, 0.6) is 0 Å². The third-order valence-electron chi connectivity index (χ3n) is 1.95. The SMILES string of the molecule is Cc1ncc(S(=O)(=O)NCC(C)(O)CO)[nH]1. The zero-order chi connectivity index (χ0) is 12.4. The number of aliphatic hydroxyl groups excluding tert-OH is 1. The van der Waals surface area contributed by atoms with Gasteiger partial charge >= 0.3 is 0 Å². The first-order valence-electron chi connectivity index (χ1n) is 4.61. The molecule has 4 N–H and O–H groups in total. The summed E-state index contributed by atoms with van der Waals surface area (Å²) in [4.78, 5) is 6.33. The van der Waals surface area contributed by atoms with E-state index in [-0.39, 0.29) is 11.6 Å². The molecular weight excluding hydrogens is 234 g/mol. The maximum absolute atomic E-state index is 11.6. The summed E-state index contributed by atoms with van der Waals surface area (Å²) in [7, 11) is -3.72. The van der Waals surface area contributed by atoms with Crippen LogP contribution in [0.15, 0.2) is 11.2 Å². The minimum atomic E-state index is -3.72. The molecular formula is C8H15N3O4S. The van der Waals surface area contributed by atoms with Gasteiger partial charge in [-0.05, 0) is 13.8 Å². The molecule has 0 aromatic carbocycles. The van der Waals surface area contributed by atoms with E-state index in [0.717, 1.165) is 0 Å². The largest absolute Gasteiger partial charge is 0.393 e. The highest BCUT2D eigenvalue weighted by Crippen LogP contribution is 2.06. The Bertz CT molecular complexity index is 452. The third kappa shape index (κ3) is 3.27. The molecule has 1 unspecified atom stereocenters. The highest BCUT2D eigenvalue weighted by atomic mass is 32.2. The maximum Gasteiger partial charge on any atom is 0.257 e. The molecule has 0 fully saturated rings. The second-order valence-corrected chi connectivity index (χ2v) is 5.55. The molecule has 0 aliphatic carbocycles. The lowest BCUT2D eigenvalue weighted by Gasteiger charge is -2.20. The van der Waals surface area contributed by atoms with Crippen LogP contribution >= 0.6 is 0 Å². The van der Waals surface area contributed by atoms with Gasteiger partial charge in [-0.15, -0.1) is 0 Å². The Labute approximate surface area is 93.6 Å². The molecule has 8 heteroatoms. The Morgan fingerprint density at radius 2 is 2.25 bits per heavy atom. The van der Waals surface area contributed by atoms with Crippen LogP contribution in [0.4, 0.5) is 0 Å². The van der Waals surface area contributed by atoms with E-state index in [1.165, 1.54) is 13.1 Å². The molecule has 0 spiro atoms. The fourth-order valence-corrected chi connectivity index (χ4v) is 2.05. The fraction of sp³-hybridized carbons (Fsp3) is 0.625. The number of hydrogen-bond acceptors (Lipinski definition) is 5. The predicted molar refractivity (Wildman–Crippen MR) is 56.2 cm³/mol. The summed E-state index contributed by atoms with van der Waals surface area (Å²) in [5.74, 6) is 0.481. The van der Waals surface area contributed by atoms with Gasteiger partial charge in [-0.25, -0.2) is 18.1 Å². The van der Waals surface area contributed by atoms with E-state index in [0.29, 0.717) is 5.82 Å². The van der Waals surface area contributed by atoms with Crippen molar-refractivity contribution in [1.29, 1.82) is 0 Å². The second kappa shape index (κ2) is 4.50. The quantitative estimate of drug-likeness (QED) is 0.520. The number of aliphatic hydroxyl groups is 2. The standard InChI is InChI=1S/C8H15N3O4S/c1-6-9-3-7(11-6)16(14,15)10-4-8(2,13)5-12/h3,10,12-13H,4-5H2,1-2H3,(H,9,11). The first kappa shape index (κ1) is 13.1. The molecule has 0 bridgehead atoms. The summed E-state index contributed by atoms with van der Waals surface area (Å²) in [5, 5.41) is 18.1. The van der Waals surface area contributed by atoms with E-state index in [1.807, 2.05) is 0 Å². The Morgan fingerprint density at radius 3 is 2.69 bits per heavy atom. The zero-order valence-electron chi connectivity index (χ0n) is 9.06. The van der Waals surface area contributed by atoms with E-state index in [1.54, 1.807) is 6.92 Å². The third-order valence-corrected chi connectivity index (χ3v) is 3.26. The van der Waals surface area contributed by atoms with Gasteiger partial charge in [0.05, 0.1) is 18.4 Å². The normalized spacial score (nSPS) is 16.0. The van der Waals surface area contributed by atoms with Gasteiger partial charge in [0.2, 0.25) is 0 Å². The van der Waals surface area contributed by atoms with Crippen molar-refractivity contribution in [3.8, 4) is 0 Å². The van der Waals surface area contributed by atoms with Crippen molar-refractivity contribution in [1.82, 2.24) is 14.7 Å². The Kier molecular flexibility index (Phi) is 3.68. The summed E-state index contributed by atoms with van der Waals surface area (Å²) in [6.07, 6.45) is 1.19. The maximum atomic E-state index is 11.6. The van der Waals surface area contributed by atoms with E-state index in [4.69, 9.17) is 5.11 Å². The lowest BCUT2D eigenvalue weighted by atomic mass is 10.1. The average molecular weight is 249 g/mol. The minimum Gasteiger partial charge on any atom is -0.393 e. The van der Waals surface area contributed by atoms with Crippen molar-refractivity contribution in [3.05, 3.63) is 12.0 Å². The van der Waals surface area contributed by atoms with Crippen molar-refractivity contribution in [2.45, 2.75) is 24.5 Å². The highest BCUT2D eigenvalue weighted by Gasteiger charge is 2.24. The van der Waals surface area contributed by atoms with E-state index in [9.17, 15) is 13.5 Å². The van der Waals surface area contributed by atoms with Crippen LogP contribution in [-0.2, 0) is 10.0 Å². The molecule has 1 aromatic rings. The Balaban J connectivity index is 2.74. The molecule has 1 aromatic heterocycles. The summed E-state index contributed by atoms with van der Waals surface area (Å²) < 4.78 is 25.4. The number of sulfonamides is 1. The van der Waals surface area contributed by atoms with Gasteiger partial charge in [0.1, 0.15) is 5.82 Å². The Morgan fingerprint density at radius 1 is 1.62 bits per heavy atom. The monoisotopic (exact) mass is 249 g/mol. The number of hydrogen-bond donors (Lipinski definition) is 4. The molecule has 0 aliphatic rings. The number of aromatic nitrogens is 2. The molecule has 16 heavy (non-hydrogen) atoms. The van der Waals surface area contributed by atoms with Gasteiger partial charge in [0.15, 0.2) is 5.03 Å². The molecule has 0 saturated heterocycles. The predicted octanol–water partition coefficient (Wildman–Crippen LogP) is -1.26. The van der Waals surface area contributed by atoms with Crippen molar-refractivity contribution < 1.29 is 18.6 Å². The van der Waals surface area contributed by atoms with Crippen molar-refractivity contribution in [2.24, 2.45) is 0 Å². The molecule has 0 radical (unpaired) electrons. The number of aryl methyl sites for hydroxylation is 1. The highest BCUT2D eigenvalue weighted by molar-refractivity contribution is 7.89. The fourth-order valence-electron chi connectivity index (χ4n) is 0.919. The topological polar surface area (TPSA) is 115 Å². The molecule has 1 heterocycles. The lowest BCUT2D eigenvalue weighted by molar-refractivity contribution is 0.00680. The molecule has 1 rings (SSSR count). The molecule has 7 nitrogen and oxygen atoms in total. The van der Waals surface area contributed by atoms with Crippen LogP contribution in [0.3, 0.4) is 0 Å². The number of imidazole rings is 1. The van der Waals surface area contributed by atoms with Crippen LogP contribution in [0.2, 0.25) is 0 Å². The first-order valence-corrected chi connectivity index (χ1v) is 6.10. The van der Waals surface area contributed by atoms with E-state index in [2.05, 4.69) is 14.7 Å². The molecule has 0 amide bonds. The Hall–Kier alpha value is -0.960. The van der Waals surface area contributed by atoms with Gasteiger partial charge in [0, 0.05) is 6.54 Å². The molecule has 92 valence electrons. The van der Waals surface area contributed by atoms with Crippen LogP contribution < -0.4 is 4.72 Å². The smallest absolute Gasteiger partial charge is 0.257 e. The number of aromatic amines is 1. The van der Waals surface area contributed by atoms with E-state index < -0.39 is 22.2 Å². The summed E-state index contributed by atoms with van der Waals surface area (Å²) >= 11 is 0. The van der Waals surface area contributed by atoms with Crippen molar-refractivity contribution in [3.63, 3.8) is 0 Å². The average Bonchev–Trinajstić information content (AvgIpc) is 2.63. The van der Waals surface area contributed by atoms with Gasteiger partial charge in [-0.1, -0.05) is 0 Å².